The molecule has 0 saturated heterocycles. The van der Waals surface area contributed by atoms with E-state index in [-0.39, 0.29) is 12.1 Å². The van der Waals surface area contributed by atoms with E-state index >= 15 is 0 Å². The maximum atomic E-state index is 12.2. The van der Waals surface area contributed by atoms with E-state index in [1.165, 1.54) is 9.36 Å². The number of hydrogen-bond acceptors (Lipinski definition) is 3. The normalized spacial score (nSPS) is 12.4. The number of carbonyl (C=O) groups excluding carboxylic acids is 1. The van der Waals surface area contributed by atoms with Crippen LogP contribution in [0.3, 0.4) is 0 Å². The summed E-state index contributed by atoms with van der Waals surface area (Å²) in [6.45, 7) is 5.65. The van der Waals surface area contributed by atoms with Crippen molar-refractivity contribution in [2.75, 3.05) is 5.75 Å². The van der Waals surface area contributed by atoms with Gasteiger partial charge in [0.05, 0.1) is 0 Å². The second-order valence-electron chi connectivity index (χ2n) is 6.59. The molecule has 2 aromatic rings. The molecule has 3 nitrogen and oxygen atoms in total. The Hall–Kier alpha value is -1.42. The van der Waals surface area contributed by atoms with E-state index in [0.29, 0.717) is 15.0 Å². The van der Waals surface area contributed by atoms with Crippen molar-refractivity contribution in [2.45, 2.75) is 42.6 Å². The summed E-state index contributed by atoms with van der Waals surface area (Å²) in [5.41, 5.74) is -0.480. The van der Waals surface area contributed by atoms with Crippen LogP contribution in [0, 0.1) is 0 Å². The van der Waals surface area contributed by atoms with Crippen LogP contribution in [-0.4, -0.2) is 38.4 Å². The molecule has 5 heteroatoms. The van der Waals surface area contributed by atoms with E-state index in [0.717, 1.165) is 11.1 Å². The molecule has 1 atom stereocenters. The molecule has 1 amide bonds. The average molecular weight is 422 g/mol. The molecule has 25 heavy (non-hydrogen) atoms. The summed E-state index contributed by atoms with van der Waals surface area (Å²) in [7, 11) is 0. The van der Waals surface area contributed by atoms with Crippen LogP contribution in [-0.2, 0) is 4.74 Å². The van der Waals surface area contributed by atoms with Gasteiger partial charge in [0.25, 0.3) is 0 Å². The number of alkyl carbamates (subject to hydrolysis) is 1. The van der Waals surface area contributed by atoms with Gasteiger partial charge in [-0.3, -0.25) is 0 Å². The third-order valence-electron chi connectivity index (χ3n) is 3.11. The molecular weight excluding hydrogens is 397 g/mol. The molecule has 134 valence electrons. The van der Waals surface area contributed by atoms with Crippen LogP contribution in [0.2, 0.25) is 5.32 Å². The average Bonchev–Trinajstić information content (AvgIpc) is 2.57. The molecule has 0 aliphatic carbocycles. The maximum absolute atomic E-state index is 12.2. The zero-order valence-electron chi connectivity index (χ0n) is 14.9. The van der Waals surface area contributed by atoms with Gasteiger partial charge in [0, 0.05) is 0 Å². The van der Waals surface area contributed by atoms with E-state index in [1.807, 2.05) is 45.0 Å². The molecule has 0 radical (unpaired) electrons. The van der Waals surface area contributed by atoms with Crippen LogP contribution in [0.1, 0.15) is 20.8 Å². The Bertz CT molecular complexity index is 600. The number of carbonyl (C=O) groups is 1. The van der Waals surface area contributed by atoms with Gasteiger partial charge in [0.2, 0.25) is 0 Å². The van der Waals surface area contributed by atoms with Gasteiger partial charge in [-0.1, -0.05) is 0 Å². The Morgan fingerprint density at radius 3 is 2.28 bits per heavy atom. The summed E-state index contributed by atoms with van der Waals surface area (Å²) >= 11 is 2.08. The minimum absolute atomic E-state index is 0.0836. The zero-order chi connectivity index (χ0) is 18.1. The van der Waals surface area contributed by atoms with Gasteiger partial charge in [0.1, 0.15) is 0 Å². The van der Waals surface area contributed by atoms with Gasteiger partial charge < -0.3 is 0 Å². The predicted molar refractivity (Wildman–Crippen MR) is 107 cm³/mol. The molecule has 2 aromatic carbocycles. The summed E-state index contributed by atoms with van der Waals surface area (Å²) in [5.74, 6) is 0.831. The van der Waals surface area contributed by atoms with E-state index in [2.05, 4.69) is 41.7 Å². The Morgan fingerprint density at radius 2 is 1.68 bits per heavy atom. The van der Waals surface area contributed by atoms with E-state index < -0.39 is 5.60 Å². The van der Waals surface area contributed by atoms with Gasteiger partial charge in [0.15, 0.2) is 0 Å². The number of benzene rings is 2. The number of ether oxygens (including phenoxy) is 1. The number of hydrogen-bond donors (Lipinski definition) is 1. The van der Waals surface area contributed by atoms with E-state index in [4.69, 9.17) is 4.74 Å². The summed E-state index contributed by atoms with van der Waals surface area (Å²) in [5, 5.41) is 3.99. The van der Waals surface area contributed by atoms with Gasteiger partial charge >= 0.3 is 161 Å². The Kier molecular flexibility index (Phi) is 7.88. The monoisotopic (exact) mass is 423 g/mol. The van der Waals surface area contributed by atoms with Crippen molar-refractivity contribution in [1.82, 2.24) is 5.32 Å². The molecule has 2 rings (SSSR count). The SMILES string of the molecule is CC(C)(C)OC(=O)N[C@H](CSc1ccccc1)C[Se]c1ccccc1. The number of rotatable bonds is 7. The molecule has 0 aromatic heterocycles. The first-order chi connectivity index (χ1) is 11.9. The fourth-order valence-corrected chi connectivity index (χ4v) is 5.30. The van der Waals surface area contributed by atoms with Crippen molar-refractivity contribution < 1.29 is 9.53 Å². The number of nitrogens with one attached hydrogen (secondary N) is 1. The van der Waals surface area contributed by atoms with E-state index in [1.54, 1.807) is 11.8 Å². The zero-order valence-corrected chi connectivity index (χ0v) is 17.4. The minimum atomic E-state index is -0.480. The third-order valence-corrected chi connectivity index (χ3v) is 6.75. The van der Waals surface area contributed by atoms with Crippen LogP contribution in [0.25, 0.3) is 0 Å². The van der Waals surface area contributed by atoms with Gasteiger partial charge in [-0.05, 0) is 0 Å². The van der Waals surface area contributed by atoms with Crippen LogP contribution in [0.4, 0.5) is 4.79 Å². The van der Waals surface area contributed by atoms with Crippen molar-refractivity contribution >= 4 is 37.3 Å². The van der Waals surface area contributed by atoms with Crippen molar-refractivity contribution in [2.24, 2.45) is 0 Å². The summed E-state index contributed by atoms with van der Waals surface area (Å²) in [6.07, 6.45) is -0.338. The summed E-state index contributed by atoms with van der Waals surface area (Å²) in [6, 6.07) is 20.8. The summed E-state index contributed by atoms with van der Waals surface area (Å²) < 4.78 is 6.76. The van der Waals surface area contributed by atoms with Gasteiger partial charge in [-0.2, -0.15) is 0 Å². The predicted octanol–water partition coefficient (Wildman–Crippen LogP) is 4.12. The van der Waals surface area contributed by atoms with E-state index in [9.17, 15) is 4.79 Å². The third kappa shape index (κ3) is 8.48. The number of amides is 1. The fraction of sp³-hybridized carbons (Fsp3) is 0.350. The standard InChI is InChI=1S/C20H25NO2SSe/c1-20(2,3)23-19(22)21-16(14-24-17-10-6-4-7-11-17)15-25-18-12-8-5-9-13-18/h4-13,16H,14-15H2,1-3H3,(H,21,22)/t16-/m1/s1. The molecule has 0 spiro atoms. The molecule has 0 bridgehead atoms. The quantitative estimate of drug-likeness (QED) is 0.539. The Morgan fingerprint density at radius 1 is 1.08 bits per heavy atom. The Balaban J connectivity index is 1.93. The molecule has 0 aliphatic heterocycles. The molecule has 0 unspecified atom stereocenters. The molecular formula is C20H25NO2SSe. The second-order valence-corrected chi connectivity index (χ2v) is 9.98. The van der Waals surface area contributed by atoms with Crippen LogP contribution in [0.5, 0.6) is 0 Å². The van der Waals surface area contributed by atoms with Crippen LogP contribution in [0.15, 0.2) is 65.6 Å². The summed E-state index contributed by atoms with van der Waals surface area (Å²) in [4.78, 5) is 13.4. The number of thioether (sulfide) groups is 1. The van der Waals surface area contributed by atoms with Gasteiger partial charge in [-0.15, -0.1) is 0 Å². The first kappa shape index (κ1) is 19.9. The molecule has 0 heterocycles. The van der Waals surface area contributed by atoms with Crippen molar-refractivity contribution in [3.05, 3.63) is 60.7 Å². The van der Waals surface area contributed by atoms with Crippen LogP contribution < -0.4 is 9.78 Å². The van der Waals surface area contributed by atoms with Gasteiger partial charge in [-0.25, -0.2) is 0 Å². The molecule has 0 aliphatic rings. The first-order valence-corrected chi connectivity index (χ1v) is 11.3. The molecule has 0 fully saturated rings. The van der Waals surface area contributed by atoms with Crippen molar-refractivity contribution in [3.63, 3.8) is 0 Å². The molecule has 1 N–H and O–H groups in total. The fourth-order valence-electron chi connectivity index (χ4n) is 2.03. The Labute approximate surface area is 161 Å². The molecule has 0 saturated carbocycles. The van der Waals surface area contributed by atoms with Crippen molar-refractivity contribution in [3.8, 4) is 0 Å². The first-order valence-electron chi connectivity index (χ1n) is 8.27. The van der Waals surface area contributed by atoms with Crippen molar-refractivity contribution in [1.29, 1.82) is 0 Å². The topological polar surface area (TPSA) is 38.3 Å². The van der Waals surface area contributed by atoms with Crippen LogP contribution >= 0.6 is 11.8 Å². The second kappa shape index (κ2) is 9.91.